The maximum atomic E-state index is 4.97. The van der Waals surface area contributed by atoms with Crippen LogP contribution in [0.3, 0.4) is 0 Å². The number of nitrogens with zero attached hydrogens (tertiary/aromatic N) is 1. The molecule has 0 aliphatic heterocycles. The van der Waals surface area contributed by atoms with E-state index in [1.807, 2.05) is 0 Å². The molecule has 0 bridgehead atoms. The average molecular weight is 355 g/mol. The zero-order valence-corrected chi connectivity index (χ0v) is 17.6. The van der Waals surface area contributed by atoms with Crippen molar-refractivity contribution in [3.05, 3.63) is 48.2 Å². The number of allylic oxidation sites excluding steroid dienone is 7. The molecule has 0 heterocycles. The quantitative estimate of drug-likeness (QED) is 0.265. The van der Waals surface area contributed by atoms with Crippen LogP contribution in [0.15, 0.2) is 53.0 Å². The van der Waals surface area contributed by atoms with E-state index in [0.717, 1.165) is 19.3 Å². The molecule has 1 rings (SSSR count). The van der Waals surface area contributed by atoms with Crippen LogP contribution < -0.4 is 0 Å². The van der Waals surface area contributed by atoms with Crippen LogP contribution in [0.25, 0.3) is 0 Å². The first-order chi connectivity index (χ1) is 10.2. The second-order valence-corrected chi connectivity index (χ2v) is 9.39. The molecule has 0 atom stereocenters. The zero-order valence-electron chi connectivity index (χ0n) is 15.2. The Kier molecular flexibility index (Phi) is 17.3. The van der Waals surface area contributed by atoms with Crippen molar-refractivity contribution in [2.75, 3.05) is 18.5 Å². The van der Waals surface area contributed by atoms with Crippen molar-refractivity contribution < 1.29 is 21.7 Å². The fourth-order valence-electron chi connectivity index (χ4n) is 2.09. The van der Waals surface area contributed by atoms with E-state index < -0.39 is 7.05 Å². The molecule has 0 saturated heterocycles. The molecule has 0 amide bonds. The Hall–Kier alpha value is -0.0957. The van der Waals surface area contributed by atoms with E-state index in [1.165, 1.54) is 24.2 Å². The van der Waals surface area contributed by atoms with Gasteiger partial charge in [0.05, 0.1) is 0 Å². The van der Waals surface area contributed by atoms with Crippen molar-refractivity contribution in [2.45, 2.75) is 53.9 Å². The van der Waals surface area contributed by atoms with Gasteiger partial charge in [-0.3, -0.25) is 4.74 Å². The first kappa shape index (κ1) is 24.2. The van der Waals surface area contributed by atoms with Crippen molar-refractivity contribution in [3.63, 3.8) is 0 Å². The summed E-state index contributed by atoms with van der Waals surface area (Å²) in [5.74, 6) is 0. The zero-order chi connectivity index (χ0) is 16.0. The number of rotatable bonds is 7. The molecule has 0 aromatic heterocycles. The predicted molar refractivity (Wildman–Crippen MR) is 102 cm³/mol. The van der Waals surface area contributed by atoms with Gasteiger partial charge in [0, 0.05) is 33.8 Å². The van der Waals surface area contributed by atoms with Gasteiger partial charge in [0.25, 0.3) is 0 Å². The molecule has 0 aromatic carbocycles. The first-order valence-corrected chi connectivity index (χ1v) is 10.7. The molecule has 0 radical (unpaired) electrons. The normalized spacial score (nSPS) is 13.8. The van der Waals surface area contributed by atoms with E-state index in [2.05, 4.69) is 77.2 Å². The summed E-state index contributed by atoms with van der Waals surface area (Å²) in [6.45, 7) is 11.1. The molecule has 124 valence electrons. The molecule has 0 spiro atoms. The van der Waals surface area contributed by atoms with Gasteiger partial charge < -0.3 is 0 Å². The van der Waals surface area contributed by atoms with E-state index in [1.54, 1.807) is 0 Å². The van der Waals surface area contributed by atoms with Crippen LogP contribution in [0, 0.1) is 0 Å². The summed E-state index contributed by atoms with van der Waals surface area (Å²) in [6.07, 6.45) is 22.0. The molecule has 0 aromatic rings. The molecule has 22 heavy (non-hydrogen) atoms. The van der Waals surface area contributed by atoms with E-state index in [4.69, 9.17) is 4.74 Å². The largest absolute Gasteiger partial charge is 0.272 e. The fraction of sp³-hybridized carbons (Fsp3) is 0.579. The van der Waals surface area contributed by atoms with Crippen LogP contribution in [-0.2, 0) is 21.7 Å². The summed E-state index contributed by atoms with van der Waals surface area (Å²) in [5, 5.41) is 0. The van der Waals surface area contributed by atoms with Crippen LogP contribution in [0.5, 0.6) is 0 Å². The van der Waals surface area contributed by atoms with Crippen molar-refractivity contribution in [2.24, 2.45) is 4.74 Å². The Morgan fingerprint density at radius 1 is 0.955 bits per heavy atom. The van der Waals surface area contributed by atoms with Gasteiger partial charge in [0.2, 0.25) is 0 Å². The van der Waals surface area contributed by atoms with Crippen LogP contribution in [0.1, 0.15) is 53.9 Å². The second-order valence-electron chi connectivity index (χ2n) is 5.11. The summed E-state index contributed by atoms with van der Waals surface area (Å²) < 4.78 is 4.97. The molecule has 1 aliphatic rings. The molecule has 0 saturated carbocycles. The SMILES string of the molecule is CCC=CC=CCC.CCP(CC)(CC)=NC1=CC=CC1.[Ti]. The topological polar surface area (TPSA) is 12.4 Å². The molecule has 0 fully saturated rings. The van der Waals surface area contributed by atoms with Gasteiger partial charge >= 0.3 is 0 Å². The van der Waals surface area contributed by atoms with Crippen LogP contribution in [0.4, 0.5) is 0 Å². The van der Waals surface area contributed by atoms with Gasteiger partial charge in [0.1, 0.15) is 0 Å². The van der Waals surface area contributed by atoms with Gasteiger partial charge in [-0.1, -0.05) is 71.1 Å². The van der Waals surface area contributed by atoms with Crippen molar-refractivity contribution in [1.82, 2.24) is 0 Å². The minimum Gasteiger partial charge on any atom is -0.272 e. The molecule has 3 heteroatoms. The van der Waals surface area contributed by atoms with Crippen molar-refractivity contribution >= 4 is 7.05 Å². The third-order valence-electron chi connectivity index (χ3n) is 3.71. The Morgan fingerprint density at radius 2 is 1.45 bits per heavy atom. The molecule has 1 aliphatic carbocycles. The van der Waals surface area contributed by atoms with Crippen molar-refractivity contribution in [1.29, 1.82) is 0 Å². The standard InChI is InChI=1S/C11H20NP.C8H14.Ti/c1-4-13(5-2,6-3)12-11-9-7-8-10-11;1-3-5-7-8-6-4-2;/h7-9H,4-6,10H2,1-3H3;5-8H,3-4H2,1-2H3;. The average Bonchev–Trinajstić information content (AvgIpc) is 3.03. The van der Waals surface area contributed by atoms with E-state index >= 15 is 0 Å². The Balaban J connectivity index is 0. The van der Waals surface area contributed by atoms with Crippen molar-refractivity contribution in [3.8, 4) is 0 Å². The Morgan fingerprint density at radius 3 is 1.77 bits per heavy atom. The number of hydrogen-bond acceptors (Lipinski definition) is 1. The van der Waals surface area contributed by atoms with Gasteiger partial charge in [0.15, 0.2) is 0 Å². The van der Waals surface area contributed by atoms with E-state index in [9.17, 15) is 0 Å². The summed E-state index contributed by atoms with van der Waals surface area (Å²) in [4.78, 5) is 0. The monoisotopic (exact) mass is 355 g/mol. The van der Waals surface area contributed by atoms with E-state index in [-0.39, 0.29) is 21.7 Å². The number of hydrogen-bond donors (Lipinski definition) is 0. The molecule has 1 nitrogen and oxygen atoms in total. The first-order valence-electron chi connectivity index (χ1n) is 8.44. The van der Waals surface area contributed by atoms with Gasteiger partial charge in [-0.15, -0.1) is 0 Å². The second kappa shape index (κ2) is 15.8. The van der Waals surface area contributed by atoms with E-state index in [0.29, 0.717) is 0 Å². The predicted octanol–water partition coefficient (Wildman–Crippen LogP) is 7.01. The minimum atomic E-state index is -0.971. The minimum absolute atomic E-state index is 0. The van der Waals surface area contributed by atoms with Gasteiger partial charge in [-0.2, -0.15) is 0 Å². The fourth-order valence-corrected chi connectivity index (χ4v) is 4.55. The molecule has 0 unspecified atom stereocenters. The Labute approximate surface area is 154 Å². The third-order valence-corrected chi connectivity index (χ3v) is 7.93. The van der Waals surface area contributed by atoms with Crippen LogP contribution >= 0.6 is 7.05 Å². The van der Waals surface area contributed by atoms with Crippen LogP contribution in [-0.4, -0.2) is 18.5 Å². The molecule has 0 N–H and O–H groups in total. The third kappa shape index (κ3) is 10.6. The summed E-state index contributed by atoms with van der Waals surface area (Å²) >= 11 is 0. The maximum absolute atomic E-state index is 4.97. The van der Waals surface area contributed by atoms with Gasteiger partial charge in [-0.05, 0) is 44.5 Å². The summed E-state index contributed by atoms with van der Waals surface area (Å²) in [7, 11) is -0.971. The Bertz CT molecular complexity index is 400. The van der Waals surface area contributed by atoms with Gasteiger partial charge in [-0.25, -0.2) is 0 Å². The molecular formula is C19H34NPTi. The molecular weight excluding hydrogens is 321 g/mol. The summed E-state index contributed by atoms with van der Waals surface area (Å²) in [5.41, 5.74) is 1.30. The summed E-state index contributed by atoms with van der Waals surface area (Å²) in [6, 6.07) is 0. The van der Waals surface area contributed by atoms with Crippen LogP contribution in [0.2, 0.25) is 0 Å². The smallest absolute Gasteiger partial charge is 0.0425 e. The maximum Gasteiger partial charge on any atom is 0.0425 e.